The van der Waals surface area contributed by atoms with Crippen LogP contribution in [0, 0.1) is 5.92 Å². The Labute approximate surface area is 214 Å². The van der Waals surface area contributed by atoms with E-state index in [-0.39, 0.29) is 0 Å². The summed E-state index contributed by atoms with van der Waals surface area (Å²) >= 11 is 0. The molecular formula is C30H28N6O. The monoisotopic (exact) mass is 488 g/mol. The van der Waals surface area contributed by atoms with Gasteiger partial charge in [-0.25, -0.2) is 4.98 Å². The van der Waals surface area contributed by atoms with Crippen LogP contribution in [0.2, 0.25) is 0 Å². The van der Waals surface area contributed by atoms with Gasteiger partial charge in [0.15, 0.2) is 5.65 Å². The quantitative estimate of drug-likeness (QED) is 0.232. The van der Waals surface area contributed by atoms with Crippen LogP contribution < -0.4 is 5.32 Å². The van der Waals surface area contributed by atoms with Crippen LogP contribution in [0.5, 0.6) is 0 Å². The molecule has 0 saturated heterocycles. The van der Waals surface area contributed by atoms with Gasteiger partial charge in [-0.1, -0.05) is 25.0 Å². The van der Waals surface area contributed by atoms with Crippen molar-refractivity contribution < 1.29 is 4.42 Å². The van der Waals surface area contributed by atoms with Gasteiger partial charge in [-0.3, -0.25) is 10.1 Å². The molecule has 37 heavy (non-hydrogen) atoms. The van der Waals surface area contributed by atoms with Gasteiger partial charge >= 0.3 is 0 Å². The summed E-state index contributed by atoms with van der Waals surface area (Å²) < 4.78 is 5.32. The average molecular weight is 489 g/mol. The van der Waals surface area contributed by atoms with Crippen LogP contribution in [0.25, 0.3) is 55.6 Å². The molecule has 7 rings (SSSR count). The predicted molar refractivity (Wildman–Crippen MR) is 146 cm³/mol. The second-order valence-electron chi connectivity index (χ2n) is 10.0. The minimum atomic E-state index is 0.690. The number of pyridine rings is 2. The van der Waals surface area contributed by atoms with Gasteiger partial charge in [-0.05, 0) is 66.8 Å². The van der Waals surface area contributed by atoms with Gasteiger partial charge in [0.05, 0.1) is 23.9 Å². The highest BCUT2D eigenvalue weighted by atomic mass is 16.3. The lowest BCUT2D eigenvalue weighted by Gasteiger charge is -2.11. The molecule has 5 aromatic heterocycles. The summed E-state index contributed by atoms with van der Waals surface area (Å²) in [5.74, 6) is 0.822. The molecule has 1 aliphatic rings. The van der Waals surface area contributed by atoms with E-state index in [9.17, 15) is 0 Å². The van der Waals surface area contributed by atoms with Crippen molar-refractivity contribution >= 4 is 21.9 Å². The molecule has 6 aromatic rings. The summed E-state index contributed by atoms with van der Waals surface area (Å²) in [6.07, 6.45) is 14.7. The molecule has 1 saturated carbocycles. The first-order chi connectivity index (χ1) is 18.3. The van der Waals surface area contributed by atoms with E-state index in [0.717, 1.165) is 68.9 Å². The van der Waals surface area contributed by atoms with Gasteiger partial charge in [-0.15, -0.1) is 0 Å². The lowest BCUT2D eigenvalue weighted by molar-refractivity contribution is 0.489. The fourth-order valence-corrected chi connectivity index (χ4v) is 5.60. The Bertz CT molecular complexity index is 1670. The standard InChI is InChI=1S/C30H28N6O/c1-2-5-19(4-1)13-31-14-20-10-22(16-32-15-20)23-11-26-29(35-36-30(26)33-17-23)28-12-25-24(21-8-9-37-18-21)6-3-7-27(25)34-28/h3,6-12,15-19,31,34H,1-2,4-5,13-14H2,(H,33,35,36). The van der Waals surface area contributed by atoms with Crippen LogP contribution >= 0.6 is 0 Å². The molecule has 1 aromatic carbocycles. The highest BCUT2D eigenvalue weighted by Crippen LogP contribution is 2.35. The number of hydrogen-bond acceptors (Lipinski definition) is 5. The van der Waals surface area contributed by atoms with Crippen molar-refractivity contribution in [3.05, 3.63) is 79.1 Å². The van der Waals surface area contributed by atoms with Gasteiger partial charge in [-0.2, -0.15) is 5.10 Å². The number of furan rings is 1. The molecule has 184 valence electrons. The summed E-state index contributed by atoms with van der Waals surface area (Å²) in [7, 11) is 0. The van der Waals surface area contributed by atoms with Gasteiger partial charge in [0.1, 0.15) is 0 Å². The molecular weight excluding hydrogens is 460 g/mol. The molecule has 0 amide bonds. The zero-order valence-electron chi connectivity index (χ0n) is 20.5. The van der Waals surface area contributed by atoms with E-state index in [2.05, 4.69) is 66.9 Å². The maximum atomic E-state index is 5.32. The fraction of sp³-hybridized carbons (Fsp3) is 0.233. The number of benzene rings is 1. The van der Waals surface area contributed by atoms with E-state index in [0.29, 0.717) is 5.65 Å². The molecule has 3 N–H and O–H groups in total. The number of fused-ring (bicyclic) bond motifs is 2. The van der Waals surface area contributed by atoms with Crippen LogP contribution in [0.1, 0.15) is 31.2 Å². The van der Waals surface area contributed by atoms with Crippen LogP contribution in [-0.4, -0.2) is 31.7 Å². The minimum Gasteiger partial charge on any atom is -0.472 e. The van der Waals surface area contributed by atoms with E-state index in [4.69, 9.17) is 4.42 Å². The number of H-pyrrole nitrogens is 2. The summed E-state index contributed by atoms with van der Waals surface area (Å²) in [5.41, 5.74) is 9.08. The zero-order chi connectivity index (χ0) is 24.6. The molecule has 0 aliphatic heterocycles. The number of hydrogen-bond donors (Lipinski definition) is 3. The third-order valence-corrected chi connectivity index (χ3v) is 7.54. The van der Waals surface area contributed by atoms with Gasteiger partial charge in [0, 0.05) is 58.1 Å². The highest BCUT2D eigenvalue weighted by Gasteiger charge is 2.16. The smallest absolute Gasteiger partial charge is 0.181 e. The average Bonchev–Trinajstić information content (AvgIpc) is 3.74. The first-order valence-corrected chi connectivity index (χ1v) is 13.0. The van der Waals surface area contributed by atoms with Crippen molar-refractivity contribution in [3.63, 3.8) is 0 Å². The second-order valence-corrected chi connectivity index (χ2v) is 10.0. The fourth-order valence-electron chi connectivity index (χ4n) is 5.60. The molecule has 0 unspecified atom stereocenters. The van der Waals surface area contributed by atoms with Gasteiger partial charge in [0.2, 0.25) is 0 Å². The minimum absolute atomic E-state index is 0.690. The Morgan fingerprint density at radius 3 is 2.76 bits per heavy atom. The number of nitrogens with zero attached hydrogens (tertiary/aromatic N) is 3. The van der Waals surface area contributed by atoms with E-state index in [1.165, 1.54) is 31.2 Å². The van der Waals surface area contributed by atoms with Crippen LogP contribution in [0.3, 0.4) is 0 Å². The van der Waals surface area contributed by atoms with Crippen LogP contribution in [-0.2, 0) is 6.54 Å². The van der Waals surface area contributed by atoms with Gasteiger partial charge < -0.3 is 14.7 Å². The summed E-state index contributed by atoms with van der Waals surface area (Å²) in [6, 6.07) is 14.7. The molecule has 0 radical (unpaired) electrons. The first-order valence-electron chi connectivity index (χ1n) is 13.0. The van der Waals surface area contributed by atoms with Crippen LogP contribution in [0.15, 0.2) is 78.0 Å². The normalized spacial score (nSPS) is 14.3. The second kappa shape index (κ2) is 9.33. The molecule has 7 heteroatoms. The van der Waals surface area contributed by atoms with E-state index >= 15 is 0 Å². The highest BCUT2D eigenvalue weighted by molar-refractivity contribution is 6.01. The summed E-state index contributed by atoms with van der Waals surface area (Å²) in [4.78, 5) is 12.7. The maximum Gasteiger partial charge on any atom is 0.181 e. The van der Waals surface area contributed by atoms with Crippen molar-refractivity contribution in [2.45, 2.75) is 32.2 Å². The van der Waals surface area contributed by atoms with Crippen molar-refractivity contribution in [1.29, 1.82) is 0 Å². The molecule has 1 aliphatic carbocycles. The van der Waals surface area contributed by atoms with Gasteiger partial charge in [0.25, 0.3) is 0 Å². The van der Waals surface area contributed by atoms with E-state index in [1.54, 1.807) is 12.5 Å². The van der Waals surface area contributed by atoms with E-state index in [1.807, 2.05) is 24.7 Å². The Balaban J connectivity index is 1.20. The van der Waals surface area contributed by atoms with Crippen molar-refractivity contribution in [3.8, 4) is 33.6 Å². The zero-order valence-corrected chi connectivity index (χ0v) is 20.5. The van der Waals surface area contributed by atoms with E-state index < -0.39 is 0 Å². The Kier molecular flexibility index (Phi) is 5.55. The molecule has 7 nitrogen and oxygen atoms in total. The summed E-state index contributed by atoms with van der Waals surface area (Å²) in [6.45, 7) is 1.92. The van der Waals surface area contributed by atoms with Crippen molar-refractivity contribution in [1.82, 2.24) is 30.5 Å². The molecule has 0 spiro atoms. The van der Waals surface area contributed by atoms with Crippen molar-refractivity contribution in [2.24, 2.45) is 5.92 Å². The SMILES string of the molecule is c1cc(-c2ccoc2)c2cc(-c3[nH]nc4ncc(-c5cncc(CNCC6CCCC6)c5)cc34)[nH]c2c1. The summed E-state index contributed by atoms with van der Waals surface area (Å²) in [5, 5.41) is 13.4. The largest absolute Gasteiger partial charge is 0.472 e. The Morgan fingerprint density at radius 2 is 1.86 bits per heavy atom. The molecule has 0 bridgehead atoms. The number of rotatable bonds is 7. The number of aromatic nitrogens is 5. The third-order valence-electron chi connectivity index (χ3n) is 7.54. The molecule has 0 atom stereocenters. The van der Waals surface area contributed by atoms with Crippen LogP contribution in [0.4, 0.5) is 0 Å². The lowest BCUT2D eigenvalue weighted by Crippen LogP contribution is -2.20. The number of aromatic amines is 2. The third kappa shape index (κ3) is 4.21. The number of nitrogens with one attached hydrogen (secondary N) is 3. The Hall–Kier alpha value is -4.23. The maximum absolute atomic E-state index is 5.32. The first kappa shape index (κ1) is 22.0. The topological polar surface area (TPSA) is 95.4 Å². The van der Waals surface area contributed by atoms with Crippen molar-refractivity contribution in [2.75, 3.05) is 6.54 Å². The molecule has 5 heterocycles. The Morgan fingerprint density at radius 1 is 0.946 bits per heavy atom. The predicted octanol–water partition coefficient (Wildman–Crippen LogP) is 6.71. The molecule has 1 fully saturated rings. The lowest BCUT2D eigenvalue weighted by atomic mass is 10.0.